The van der Waals surface area contributed by atoms with Crippen LogP contribution in [-0.2, 0) is 29.2 Å². The van der Waals surface area contributed by atoms with E-state index in [1.54, 1.807) is 4.68 Å². The molecule has 0 radical (unpaired) electrons. The van der Waals surface area contributed by atoms with Crippen molar-refractivity contribution < 1.29 is 19.4 Å². The monoisotopic (exact) mass is 622 g/mol. The van der Waals surface area contributed by atoms with Crippen LogP contribution in [0.1, 0.15) is 46.6 Å². The van der Waals surface area contributed by atoms with E-state index in [2.05, 4.69) is 26.2 Å². The number of benzene rings is 4. The van der Waals surface area contributed by atoms with E-state index < -0.39 is 6.29 Å². The number of nitrogens with zero attached hydrogens (tertiary/aromatic N) is 4. The summed E-state index contributed by atoms with van der Waals surface area (Å²) in [5.41, 5.74) is 5.64. The topological polar surface area (TPSA) is 123 Å². The number of ether oxygens (including phenoxy) is 2. The molecule has 11 heteroatoms. The maximum Gasteiger partial charge on any atom is 0.315 e. The Morgan fingerprint density at radius 1 is 0.800 bits per heavy atom. The van der Waals surface area contributed by atoms with Crippen LogP contribution in [-0.4, -0.2) is 43.2 Å². The third-order valence-electron chi connectivity index (χ3n) is 7.46. The molecule has 1 saturated heterocycles. The zero-order valence-electron chi connectivity index (χ0n) is 24.5. The van der Waals surface area contributed by atoms with Crippen LogP contribution >= 0.6 is 11.8 Å². The highest BCUT2D eigenvalue weighted by Gasteiger charge is 2.32. The highest BCUT2D eigenvalue weighted by Crippen LogP contribution is 2.39. The van der Waals surface area contributed by atoms with E-state index in [0.29, 0.717) is 30.4 Å². The van der Waals surface area contributed by atoms with Gasteiger partial charge in [0.1, 0.15) is 0 Å². The molecular formula is C34H34N6O4S. The molecule has 10 nitrogen and oxygen atoms in total. The zero-order chi connectivity index (χ0) is 30.8. The smallest absolute Gasteiger partial charge is 0.315 e. The van der Waals surface area contributed by atoms with Gasteiger partial charge >= 0.3 is 6.03 Å². The summed E-state index contributed by atoms with van der Waals surface area (Å²) < 4.78 is 14.7. The number of aliphatic hydroxyl groups is 1. The number of aliphatic hydroxyl groups excluding tert-OH is 1. The van der Waals surface area contributed by atoms with Gasteiger partial charge in [0.25, 0.3) is 0 Å². The second-order valence-corrected chi connectivity index (χ2v) is 11.6. The van der Waals surface area contributed by atoms with Crippen LogP contribution in [0.15, 0.2) is 114 Å². The van der Waals surface area contributed by atoms with Gasteiger partial charge in [0, 0.05) is 30.8 Å². The lowest BCUT2D eigenvalue weighted by molar-refractivity contribution is -0.245. The molecular weight excluding hydrogens is 588 g/mol. The average molecular weight is 623 g/mol. The van der Waals surface area contributed by atoms with Crippen molar-refractivity contribution in [1.29, 1.82) is 0 Å². The first-order valence-electron chi connectivity index (χ1n) is 14.8. The lowest BCUT2D eigenvalue weighted by Crippen LogP contribution is -2.34. The molecule has 0 saturated carbocycles. The molecule has 230 valence electrons. The van der Waals surface area contributed by atoms with E-state index in [0.717, 1.165) is 33.5 Å². The first-order valence-corrected chi connectivity index (χ1v) is 15.7. The number of amides is 2. The number of thioether (sulfide) groups is 1. The fraction of sp³-hybridized carbons (Fsp3) is 0.235. The van der Waals surface area contributed by atoms with E-state index in [1.807, 2.05) is 109 Å². The minimum absolute atomic E-state index is 0.0111. The molecule has 0 spiro atoms. The van der Waals surface area contributed by atoms with Crippen molar-refractivity contribution in [3.05, 3.63) is 137 Å². The van der Waals surface area contributed by atoms with Crippen molar-refractivity contribution in [2.75, 3.05) is 5.75 Å². The van der Waals surface area contributed by atoms with Gasteiger partial charge in [0.2, 0.25) is 5.16 Å². The van der Waals surface area contributed by atoms with Crippen LogP contribution in [0.3, 0.4) is 0 Å². The number of nitrogens with one attached hydrogen (secondary N) is 2. The summed E-state index contributed by atoms with van der Waals surface area (Å²) >= 11 is 1.54. The molecule has 3 N–H and O–H groups in total. The van der Waals surface area contributed by atoms with Gasteiger partial charge in [-0.3, -0.25) is 0 Å². The number of rotatable bonds is 11. The van der Waals surface area contributed by atoms with Crippen molar-refractivity contribution >= 4 is 17.8 Å². The highest BCUT2D eigenvalue weighted by molar-refractivity contribution is 7.99. The predicted molar refractivity (Wildman–Crippen MR) is 170 cm³/mol. The molecule has 2 heterocycles. The number of carbonyl (C=O) groups is 1. The fourth-order valence-corrected chi connectivity index (χ4v) is 5.91. The third kappa shape index (κ3) is 8.14. The maximum absolute atomic E-state index is 12.3. The van der Waals surface area contributed by atoms with Gasteiger partial charge in [-0.2, -0.15) is 4.68 Å². The fourth-order valence-electron chi connectivity index (χ4n) is 5.01. The van der Waals surface area contributed by atoms with E-state index in [-0.39, 0.29) is 24.8 Å². The van der Waals surface area contributed by atoms with Crippen molar-refractivity contribution in [3.8, 4) is 5.69 Å². The summed E-state index contributed by atoms with van der Waals surface area (Å²) in [6.45, 7) is 0.845. The van der Waals surface area contributed by atoms with Crippen molar-refractivity contribution in [2.24, 2.45) is 0 Å². The van der Waals surface area contributed by atoms with Crippen molar-refractivity contribution in [2.45, 2.75) is 49.8 Å². The average Bonchev–Trinajstić information content (AvgIpc) is 3.59. The number of carbonyl (C=O) groups excluding carboxylic acids is 1. The van der Waals surface area contributed by atoms with Gasteiger partial charge in [0.05, 0.1) is 24.5 Å². The van der Waals surface area contributed by atoms with E-state index in [4.69, 9.17) is 9.47 Å². The Morgan fingerprint density at radius 2 is 1.42 bits per heavy atom. The SMILES string of the molecule is O=C(NCc1ccccc1)NCc1ccc([C@H]2O[C@@H](CSc3nnnn3-c3ccccc3)C[C@@H](c3ccc(CO)cc3)O2)cc1. The number of tetrazole rings is 1. The minimum Gasteiger partial charge on any atom is -0.392 e. The number of aromatic nitrogens is 4. The molecule has 1 fully saturated rings. The largest absolute Gasteiger partial charge is 0.392 e. The summed E-state index contributed by atoms with van der Waals surface area (Å²) in [4.78, 5) is 12.3. The first-order chi connectivity index (χ1) is 22.1. The standard InChI is InChI=1S/C34H34N6O4S/c41-22-26-13-15-27(16-14-26)31-19-30(23-45-34-37-38-39-40(34)29-9-5-2-6-10-29)43-32(44-31)28-17-11-25(12-18-28)21-36-33(42)35-20-24-7-3-1-4-8-24/h1-18,30-32,41H,19-23H2,(H2,35,36,42)/t30-,31+,32+/m1/s1. The number of hydrogen-bond acceptors (Lipinski definition) is 8. The van der Waals surface area contributed by atoms with E-state index in [1.165, 1.54) is 11.8 Å². The van der Waals surface area contributed by atoms with Crippen LogP contribution in [0.5, 0.6) is 0 Å². The summed E-state index contributed by atoms with van der Waals surface area (Å²) in [5, 5.41) is 28.3. The first kappa shape index (κ1) is 30.5. The summed E-state index contributed by atoms with van der Waals surface area (Å²) in [6, 6.07) is 35.1. The van der Waals surface area contributed by atoms with Gasteiger partial charge in [-0.05, 0) is 44.8 Å². The Balaban J connectivity index is 1.11. The van der Waals surface area contributed by atoms with Gasteiger partial charge in [-0.25, -0.2) is 4.79 Å². The van der Waals surface area contributed by atoms with Crippen molar-refractivity contribution in [1.82, 2.24) is 30.8 Å². The van der Waals surface area contributed by atoms with Gasteiger partial charge < -0.3 is 25.2 Å². The molecule has 2 amide bonds. The molecule has 1 aliphatic rings. The molecule has 5 aromatic rings. The third-order valence-corrected chi connectivity index (χ3v) is 8.51. The normalized spacial score (nSPS) is 17.9. The number of urea groups is 1. The molecule has 3 atom stereocenters. The molecule has 1 aromatic heterocycles. The Morgan fingerprint density at radius 3 is 2.11 bits per heavy atom. The van der Waals surface area contributed by atoms with Crippen LogP contribution < -0.4 is 10.6 Å². The van der Waals surface area contributed by atoms with Crippen LogP contribution in [0.4, 0.5) is 4.79 Å². The molecule has 0 aliphatic carbocycles. The Hall–Kier alpha value is -4.55. The highest BCUT2D eigenvalue weighted by atomic mass is 32.2. The second-order valence-electron chi connectivity index (χ2n) is 10.6. The molecule has 1 aliphatic heterocycles. The van der Waals surface area contributed by atoms with E-state index >= 15 is 0 Å². The second kappa shape index (κ2) is 15.0. The van der Waals surface area contributed by atoms with Gasteiger partial charge in [-0.1, -0.05) is 109 Å². The summed E-state index contributed by atoms with van der Waals surface area (Å²) in [5.74, 6) is 0.623. The summed E-state index contributed by atoms with van der Waals surface area (Å²) in [6.07, 6.45) is -0.295. The minimum atomic E-state index is -0.590. The molecule has 6 rings (SSSR count). The summed E-state index contributed by atoms with van der Waals surface area (Å²) in [7, 11) is 0. The van der Waals surface area contributed by atoms with E-state index in [9.17, 15) is 9.90 Å². The van der Waals surface area contributed by atoms with Gasteiger partial charge in [0.15, 0.2) is 6.29 Å². The predicted octanol–water partition coefficient (Wildman–Crippen LogP) is 5.49. The lowest BCUT2D eigenvalue weighted by atomic mass is 10.0. The Bertz CT molecular complexity index is 1650. The molecule has 0 bridgehead atoms. The number of hydrogen-bond donors (Lipinski definition) is 3. The molecule has 4 aromatic carbocycles. The molecule has 0 unspecified atom stereocenters. The van der Waals surface area contributed by atoms with Crippen LogP contribution in [0, 0.1) is 0 Å². The Kier molecular flexibility index (Phi) is 10.1. The zero-order valence-corrected chi connectivity index (χ0v) is 25.3. The Labute approximate surface area is 265 Å². The lowest BCUT2D eigenvalue weighted by Gasteiger charge is -2.36. The maximum atomic E-state index is 12.3. The quantitative estimate of drug-likeness (QED) is 0.165. The van der Waals surface area contributed by atoms with Crippen molar-refractivity contribution in [3.63, 3.8) is 0 Å². The van der Waals surface area contributed by atoms with Crippen LogP contribution in [0.2, 0.25) is 0 Å². The number of para-hydroxylation sites is 1. The van der Waals surface area contributed by atoms with Gasteiger partial charge in [-0.15, -0.1) is 5.10 Å². The van der Waals surface area contributed by atoms with Crippen LogP contribution in [0.25, 0.3) is 5.69 Å². The molecule has 45 heavy (non-hydrogen) atoms.